The fraction of sp³-hybridized carbons (Fsp3) is 0.0778. The first-order valence-corrected chi connectivity index (χ1v) is 38.6. The zero-order valence-electron chi connectivity index (χ0n) is 61.7. The Morgan fingerprint density at radius 1 is 0.429 bits per heavy atom. The third-order valence-corrected chi connectivity index (χ3v) is 20.7. The van der Waals surface area contributed by atoms with Gasteiger partial charge in [-0.15, -0.1) is 0 Å². The number of alkyl halides is 2. The van der Waals surface area contributed by atoms with Gasteiger partial charge >= 0.3 is 103 Å². The SMILES string of the molecule is Nc1ccc(Cl)cc1C(=O)c1ccccc1.O=C(Br)CBr.O=C(CBr)Nc1ccc(Cl)cc1C(=O)c1ccccc1.O=C(CN1Cc2ccc3ccccc3c2-c2c(ccc3ccccc23)C1)Nc1ccc(Cl)cc1C(=O)c1ccccc1.O=CO[O-].[H-].[K+].[K+].c1ccc2c3c(ccc2c1)CNCc1ccc2ccccc2c1-3. The van der Waals surface area contributed by atoms with E-state index in [0.717, 1.165) is 13.1 Å². The molecule has 0 aliphatic carbocycles. The number of rotatable bonds is 13. The Kier molecular flexibility index (Phi) is 34.6. The summed E-state index contributed by atoms with van der Waals surface area (Å²) in [5.41, 5.74) is 20.4. The van der Waals surface area contributed by atoms with Crippen molar-refractivity contribution in [3.05, 3.63) is 362 Å². The van der Waals surface area contributed by atoms with E-state index in [2.05, 4.69) is 219 Å². The number of ketones is 3. The minimum Gasteiger partial charge on any atom is -1.00 e. The Hall–Kier alpha value is -7.53. The number of anilines is 3. The number of amides is 2. The van der Waals surface area contributed by atoms with Crippen LogP contribution in [0.5, 0.6) is 0 Å². The number of halogens is 6. The van der Waals surface area contributed by atoms with Crippen LogP contribution in [0.25, 0.3) is 65.3 Å². The number of carbonyl (C=O) groups excluding carboxylic acids is 7. The number of nitrogens with one attached hydrogen (secondary N) is 3. The molecular formula is C90H69Br3Cl3K2N5O9. The van der Waals surface area contributed by atoms with Crippen LogP contribution < -0.4 is 130 Å². The van der Waals surface area contributed by atoms with E-state index in [1.165, 1.54) is 87.6 Å². The Balaban J connectivity index is 0.000000192. The molecule has 0 aromatic heterocycles. The third kappa shape index (κ3) is 22.9. The summed E-state index contributed by atoms with van der Waals surface area (Å²) in [6, 6.07) is 93.7. The molecule has 14 aromatic carbocycles. The Morgan fingerprint density at radius 2 is 0.732 bits per heavy atom. The average Bonchev–Trinajstić information content (AvgIpc) is 1.74. The molecule has 0 spiro atoms. The number of hydrogen-bond donors (Lipinski definition) is 4. The predicted octanol–water partition coefficient (Wildman–Crippen LogP) is 14.7. The quantitative estimate of drug-likeness (QED) is 0.0124. The second kappa shape index (κ2) is 43.8. The maximum absolute atomic E-state index is 13.5. The van der Waals surface area contributed by atoms with E-state index in [1.54, 1.807) is 103 Å². The summed E-state index contributed by atoms with van der Waals surface area (Å²) in [4.78, 5) is 86.0. The maximum Gasteiger partial charge on any atom is 1.00 e. The number of benzene rings is 14. The molecular weight excluding hydrogens is 1720 g/mol. The van der Waals surface area contributed by atoms with Crippen LogP contribution in [-0.4, -0.2) is 62.4 Å². The minimum atomic E-state index is -0.227. The molecule has 16 rings (SSSR count). The molecule has 5 N–H and O–H groups in total. The second-order valence-corrected chi connectivity index (χ2v) is 28.5. The first-order valence-electron chi connectivity index (χ1n) is 34.5. The molecule has 0 saturated carbocycles. The van der Waals surface area contributed by atoms with Gasteiger partial charge in [-0.25, -0.2) is 0 Å². The molecule has 0 fully saturated rings. The van der Waals surface area contributed by atoms with Gasteiger partial charge in [-0.1, -0.05) is 303 Å². The average molecular weight is 1790 g/mol. The van der Waals surface area contributed by atoms with Crippen molar-refractivity contribution in [2.24, 2.45) is 0 Å². The molecule has 14 nitrogen and oxygen atoms in total. The number of nitrogens with zero attached hydrogens (tertiary/aromatic N) is 1. The first-order chi connectivity index (χ1) is 53.4. The van der Waals surface area contributed by atoms with Gasteiger partial charge in [0, 0.05) is 80.3 Å². The molecule has 0 unspecified atom stereocenters. The molecule has 0 atom stereocenters. The van der Waals surface area contributed by atoms with Gasteiger partial charge in [-0.3, -0.25) is 38.5 Å². The van der Waals surface area contributed by atoms with Crippen LogP contribution in [0, 0.1) is 0 Å². The van der Waals surface area contributed by atoms with Crippen LogP contribution in [0.2, 0.25) is 15.1 Å². The summed E-state index contributed by atoms with van der Waals surface area (Å²) < 4.78 is -0.0162. The van der Waals surface area contributed by atoms with Crippen LogP contribution in [0.4, 0.5) is 17.1 Å². The Bertz CT molecular complexity index is 5570. The Labute approximate surface area is 774 Å². The van der Waals surface area contributed by atoms with Gasteiger partial charge in [0.15, 0.2) is 17.3 Å². The molecule has 0 radical (unpaired) electrons. The molecule has 552 valence electrons. The summed E-state index contributed by atoms with van der Waals surface area (Å²) in [7, 11) is 0. The Morgan fingerprint density at radius 3 is 1.08 bits per heavy atom. The van der Waals surface area contributed by atoms with E-state index in [9.17, 15) is 28.8 Å². The van der Waals surface area contributed by atoms with Gasteiger partial charge in [-0.2, -0.15) is 0 Å². The maximum atomic E-state index is 13.5. The summed E-state index contributed by atoms with van der Waals surface area (Å²) in [5, 5.41) is 29.8. The van der Waals surface area contributed by atoms with Gasteiger partial charge in [0.2, 0.25) is 16.5 Å². The van der Waals surface area contributed by atoms with Crippen LogP contribution in [0.1, 0.15) is 71.4 Å². The van der Waals surface area contributed by atoms with Gasteiger partial charge in [0.25, 0.3) is 6.47 Å². The standard InChI is InChI=1S/C37H27ClN2O2.C22H17N.C15H11BrClNO2.C13H10ClNO.C2H2Br2O.CH2O3.2K.H/c38-29-18-19-33(32(20-29)37(42)26-10-2-1-3-11-26)39-34(41)23-40-21-27-16-14-24-8-4-6-12-30(24)35(27)36-28(22-40)17-15-25-9-5-7-13-31(25)36;1-3-7-19-15(5-1)9-11-17-13-23-14-18-12-10-16-6-2-4-8-20(16)22(18)21(17)19;16-9-14(19)18-13-7-6-11(17)8-12(13)15(20)10-4-2-1-3-5-10;14-10-6-7-12(15)11(8-10)13(16)9-4-2-1-3-5-9;3-1-2(4)5;2-1-4-3;;;/h1-20H,21-23H2,(H,39,41);1-12,23H,13-14H2;1-8H,9H2,(H,18,19);1-8H,15H2;1H2;1,3H;;;/q;;;;;;2*+1;-1/p-1. The van der Waals surface area contributed by atoms with Crippen molar-refractivity contribution in [3.8, 4) is 22.3 Å². The van der Waals surface area contributed by atoms with Crippen molar-refractivity contribution in [1.29, 1.82) is 0 Å². The molecule has 2 amide bonds. The van der Waals surface area contributed by atoms with E-state index in [-0.39, 0.29) is 156 Å². The topological polar surface area (TPSA) is 217 Å². The molecule has 2 heterocycles. The van der Waals surface area contributed by atoms with E-state index in [4.69, 9.17) is 50.6 Å². The van der Waals surface area contributed by atoms with Crippen molar-refractivity contribution in [2.75, 3.05) is 33.6 Å². The van der Waals surface area contributed by atoms with E-state index >= 15 is 0 Å². The fourth-order valence-corrected chi connectivity index (χ4v) is 13.8. The van der Waals surface area contributed by atoms with Crippen molar-refractivity contribution in [3.63, 3.8) is 0 Å². The van der Waals surface area contributed by atoms with Crippen molar-refractivity contribution < 1.29 is 148 Å². The van der Waals surface area contributed by atoms with Crippen LogP contribution >= 0.6 is 82.6 Å². The normalized spacial score (nSPS) is 11.4. The summed E-state index contributed by atoms with van der Waals surface area (Å²) in [6.45, 7) is 3.06. The first kappa shape index (κ1) is 88.4. The van der Waals surface area contributed by atoms with E-state index in [0.29, 0.717) is 83.9 Å². The molecule has 14 aromatic rings. The van der Waals surface area contributed by atoms with Crippen molar-refractivity contribution in [2.45, 2.75) is 26.2 Å². The van der Waals surface area contributed by atoms with Crippen LogP contribution in [0.15, 0.2) is 291 Å². The molecule has 2 aliphatic rings. The summed E-state index contributed by atoms with van der Waals surface area (Å²) >= 11 is 26.7. The van der Waals surface area contributed by atoms with Crippen molar-refractivity contribution in [1.82, 2.24) is 10.2 Å². The number of nitrogen functional groups attached to an aromatic ring is 1. The van der Waals surface area contributed by atoms with Gasteiger partial charge in [-0.05, 0) is 158 Å². The molecule has 2 aliphatic heterocycles. The van der Waals surface area contributed by atoms with Gasteiger partial charge in [0.05, 0.1) is 28.6 Å². The van der Waals surface area contributed by atoms with Crippen LogP contribution in [0.3, 0.4) is 0 Å². The smallest absolute Gasteiger partial charge is 1.00 e. The number of fused-ring (bicyclic) bond motifs is 14. The predicted molar refractivity (Wildman–Crippen MR) is 454 cm³/mol. The third-order valence-electron chi connectivity index (χ3n) is 18.0. The zero-order chi connectivity index (χ0) is 77.6. The number of hydrogen-bond acceptors (Lipinski definition) is 12. The number of nitrogens with two attached hydrogens (primary N) is 1. The summed E-state index contributed by atoms with van der Waals surface area (Å²) in [6.07, 6.45) is 0. The minimum absolute atomic E-state index is 0. The van der Waals surface area contributed by atoms with E-state index < -0.39 is 0 Å². The molecule has 22 heteroatoms. The molecule has 0 bridgehead atoms. The number of carbonyl (C=O) groups is 7. The second-order valence-electron chi connectivity index (χ2n) is 25.1. The monoisotopic (exact) mass is 1780 g/mol. The summed E-state index contributed by atoms with van der Waals surface area (Å²) in [5.74, 6) is -0.899. The molecule has 112 heavy (non-hydrogen) atoms. The van der Waals surface area contributed by atoms with Gasteiger partial charge < -0.3 is 33.3 Å². The van der Waals surface area contributed by atoms with E-state index in [1.807, 2.05) is 42.5 Å². The van der Waals surface area contributed by atoms with Gasteiger partial charge in [0.1, 0.15) is 0 Å². The van der Waals surface area contributed by atoms with Crippen molar-refractivity contribution >= 4 is 183 Å². The van der Waals surface area contributed by atoms with Crippen LogP contribution in [-0.2, 0) is 50.2 Å². The fourth-order valence-electron chi connectivity index (χ4n) is 13.2. The largest absolute Gasteiger partial charge is 1.00 e. The zero-order valence-corrected chi connectivity index (χ0v) is 74.0. The molecule has 0 saturated heterocycles.